The van der Waals surface area contributed by atoms with Gasteiger partial charge in [0.05, 0.1) is 25.2 Å². The number of fused-ring (bicyclic) bond motifs is 1. The molecular weight excluding hydrogens is 430 g/mol. The first-order chi connectivity index (χ1) is 15.1. The molecule has 0 saturated carbocycles. The van der Waals surface area contributed by atoms with Crippen LogP contribution in [-0.2, 0) is 0 Å². The average molecular weight is 452 g/mol. The van der Waals surface area contributed by atoms with Crippen LogP contribution in [0.5, 0.6) is 5.75 Å². The number of hydrogen-bond acceptors (Lipinski definition) is 8. The number of hydrogen-bond donors (Lipinski definition) is 3. The van der Waals surface area contributed by atoms with Gasteiger partial charge in [-0.1, -0.05) is 24.4 Å². The summed E-state index contributed by atoms with van der Waals surface area (Å²) in [6.07, 6.45) is 7.91. The Balaban J connectivity index is 1.76. The van der Waals surface area contributed by atoms with Crippen molar-refractivity contribution in [2.24, 2.45) is 4.40 Å². The zero-order chi connectivity index (χ0) is 21.8. The zero-order valence-electron chi connectivity index (χ0n) is 17.0. The number of anilines is 1. The molecule has 0 amide bonds. The van der Waals surface area contributed by atoms with Crippen molar-refractivity contribution in [2.45, 2.75) is 23.3 Å². The lowest BCUT2D eigenvalue weighted by Gasteiger charge is -2.12. The van der Waals surface area contributed by atoms with Crippen molar-refractivity contribution in [3.63, 3.8) is 0 Å². The van der Waals surface area contributed by atoms with E-state index in [9.17, 15) is 0 Å². The minimum Gasteiger partial charge on any atom is -0.497 e. The number of nitrogens with one attached hydrogen (secondary N) is 2. The number of aromatic nitrogens is 5. The molecule has 4 rings (SSSR count). The average Bonchev–Trinajstić information content (AvgIpc) is 3.43. The lowest BCUT2D eigenvalue weighted by molar-refractivity contribution is 0.413. The summed E-state index contributed by atoms with van der Waals surface area (Å²) in [6.45, 7) is 5.99. The topological polar surface area (TPSA) is 92.5 Å². The van der Waals surface area contributed by atoms with E-state index in [-0.39, 0.29) is 0 Å². The standard InChI is InChI=1S/C21H21N7OS2/c1-13(7-14(2)27-30)25-20-21-22-11-18(15-9-23-24-10-15)28(21)12-19(26-20)31-17-6-4-5-16(8-17)29-3/h4-6,8-12,30H,1,7H2,2-3H3,(H,23,24)(H,25,26). The van der Waals surface area contributed by atoms with E-state index in [1.165, 1.54) is 11.8 Å². The third-order valence-electron chi connectivity index (χ3n) is 4.46. The molecule has 0 saturated heterocycles. The Morgan fingerprint density at radius 2 is 2.26 bits per heavy atom. The molecule has 0 aliphatic carbocycles. The number of rotatable bonds is 8. The van der Waals surface area contributed by atoms with Crippen molar-refractivity contribution in [1.82, 2.24) is 24.6 Å². The number of H-pyrrole nitrogens is 1. The van der Waals surface area contributed by atoms with Crippen molar-refractivity contribution in [3.05, 3.63) is 61.3 Å². The van der Waals surface area contributed by atoms with Gasteiger partial charge in [0.25, 0.3) is 0 Å². The number of benzene rings is 1. The molecule has 0 aliphatic rings. The molecule has 0 aliphatic heterocycles. The van der Waals surface area contributed by atoms with Crippen LogP contribution in [0.3, 0.4) is 0 Å². The molecule has 2 N–H and O–H groups in total. The first-order valence-electron chi connectivity index (χ1n) is 9.39. The van der Waals surface area contributed by atoms with Crippen molar-refractivity contribution < 1.29 is 4.74 Å². The Morgan fingerprint density at radius 1 is 1.39 bits per heavy atom. The van der Waals surface area contributed by atoms with Gasteiger partial charge in [-0.3, -0.25) is 9.50 Å². The lowest BCUT2D eigenvalue weighted by Crippen LogP contribution is -2.07. The Morgan fingerprint density at radius 3 is 3.00 bits per heavy atom. The summed E-state index contributed by atoms with van der Waals surface area (Å²) in [5.74, 6) is 1.40. The van der Waals surface area contributed by atoms with Crippen LogP contribution >= 0.6 is 24.6 Å². The number of nitrogens with zero attached hydrogens (tertiary/aromatic N) is 5. The van der Waals surface area contributed by atoms with E-state index >= 15 is 0 Å². The Labute approximate surface area is 189 Å². The van der Waals surface area contributed by atoms with Gasteiger partial charge in [-0.25, -0.2) is 14.4 Å². The molecule has 0 unspecified atom stereocenters. The van der Waals surface area contributed by atoms with Gasteiger partial charge in [0, 0.05) is 40.7 Å². The normalized spacial score (nSPS) is 11.6. The van der Waals surface area contributed by atoms with E-state index in [0.29, 0.717) is 17.9 Å². The first-order valence-corrected chi connectivity index (χ1v) is 10.6. The zero-order valence-corrected chi connectivity index (χ0v) is 18.7. The molecule has 10 heteroatoms. The molecule has 3 heterocycles. The minimum absolute atomic E-state index is 0.555. The molecule has 158 valence electrons. The maximum absolute atomic E-state index is 5.34. The van der Waals surface area contributed by atoms with Crippen molar-refractivity contribution in [1.29, 1.82) is 0 Å². The molecule has 31 heavy (non-hydrogen) atoms. The highest BCUT2D eigenvalue weighted by Gasteiger charge is 2.15. The van der Waals surface area contributed by atoms with E-state index in [0.717, 1.165) is 38.3 Å². The summed E-state index contributed by atoms with van der Waals surface area (Å²) >= 11 is 5.50. The molecule has 0 atom stereocenters. The van der Waals surface area contributed by atoms with E-state index in [2.05, 4.69) is 44.3 Å². The van der Waals surface area contributed by atoms with Crippen LogP contribution in [0.1, 0.15) is 13.3 Å². The third kappa shape index (κ3) is 4.75. The highest BCUT2D eigenvalue weighted by Crippen LogP contribution is 2.32. The molecule has 0 radical (unpaired) electrons. The summed E-state index contributed by atoms with van der Waals surface area (Å²) < 4.78 is 11.2. The summed E-state index contributed by atoms with van der Waals surface area (Å²) in [6, 6.07) is 7.85. The van der Waals surface area contributed by atoms with Gasteiger partial charge in [-0.2, -0.15) is 5.10 Å². The Hall–Kier alpha value is -3.24. The summed E-state index contributed by atoms with van der Waals surface area (Å²) in [5, 5.41) is 11.0. The number of allylic oxidation sites excluding steroid dienone is 1. The molecule has 4 aromatic rings. The molecule has 1 aromatic carbocycles. The lowest BCUT2D eigenvalue weighted by atomic mass is 10.2. The van der Waals surface area contributed by atoms with Gasteiger partial charge >= 0.3 is 0 Å². The quantitative estimate of drug-likeness (QED) is 0.261. The van der Waals surface area contributed by atoms with Gasteiger partial charge in [0.1, 0.15) is 10.8 Å². The molecule has 0 fully saturated rings. The van der Waals surface area contributed by atoms with Crippen LogP contribution in [0.15, 0.2) is 75.6 Å². The monoisotopic (exact) mass is 451 g/mol. The Kier molecular flexibility index (Phi) is 6.28. The number of thiol groups is 1. The van der Waals surface area contributed by atoms with E-state index in [1.54, 1.807) is 19.5 Å². The predicted octanol–water partition coefficient (Wildman–Crippen LogP) is 4.90. The van der Waals surface area contributed by atoms with Gasteiger partial charge in [-0.15, -0.1) is 0 Å². The fraction of sp³-hybridized carbons (Fsp3) is 0.143. The molecule has 3 aromatic heterocycles. The Bertz CT molecular complexity index is 1250. The summed E-state index contributed by atoms with van der Waals surface area (Å²) in [4.78, 5) is 10.4. The molecule has 8 nitrogen and oxygen atoms in total. The van der Waals surface area contributed by atoms with E-state index < -0.39 is 0 Å². The largest absolute Gasteiger partial charge is 0.497 e. The first kappa shape index (κ1) is 21.0. The number of methoxy groups -OCH3 is 1. The maximum atomic E-state index is 5.34. The summed E-state index contributed by atoms with van der Waals surface area (Å²) in [5.41, 5.74) is 4.12. The second-order valence-electron chi connectivity index (χ2n) is 6.77. The number of ether oxygens (including phenoxy) is 1. The van der Waals surface area contributed by atoms with Crippen molar-refractivity contribution in [2.75, 3.05) is 12.4 Å². The number of aromatic amines is 1. The number of imidazole rings is 1. The van der Waals surface area contributed by atoms with Gasteiger partial charge in [0.2, 0.25) is 0 Å². The van der Waals surface area contributed by atoms with Crippen LogP contribution in [0, 0.1) is 0 Å². The molecule has 0 bridgehead atoms. The van der Waals surface area contributed by atoms with Crippen LogP contribution in [0.2, 0.25) is 0 Å². The molecular formula is C21H21N7OS2. The fourth-order valence-electron chi connectivity index (χ4n) is 3.05. The second kappa shape index (κ2) is 9.27. The second-order valence-corrected chi connectivity index (χ2v) is 8.07. The highest BCUT2D eigenvalue weighted by atomic mass is 32.2. The fourth-order valence-corrected chi connectivity index (χ4v) is 3.97. The van der Waals surface area contributed by atoms with Crippen LogP contribution in [-0.4, -0.2) is 37.4 Å². The van der Waals surface area contributed by atoms with E-state index in [4.69, 9.17) is 9.72 Å². The van der Waals surface area contributed by atoms with Gasteiger partial charge in [-0.05, 0) is 37.9 Å². The summed E-state index contributed by atoms with van der Waals surface area (Å²) in [7, 11) is 1.65. The highest BCUT2D eigenvalue weighted by molar-refractivity contribution is 7.99. The van der Waals surface area contributed by atoms with Gasteiger partial charge in [0.15, 0.2) is 11.5 Å². The predicted molar refractivity (Wildman–Crippen MR) is 127 cm³/mol. The maximum Gasteiger partial charge on any atom is 0.181 e. The molecule has 0 spiro atoms. The SMILES string of the molecule is C=C(CC(C)=NS)Nc1nc(Sc2cccc(OC)c2)cn2c(-c3cn[nH]c3)cnc12. The van der Waals surface area contributed by atoms with Gasteiger partial charge < -0.3 is 10.1 Å². The smallest absolute Gasteiger partial charge is 0.181 e. The minimum atomic E-state index is 0.555. The third-order valence-corrected chi connectivity index (χ3v) is 5.70. The van der Waals surface area contributed by atoms with Crippen LogP contribution < -0.4 is 10.1 Å². The van der Waals surface area contributed by atoms with Crippen LogP contribution in [0.25, 0.3) is 16.9 Å². The van der Waals surface area contributed by atoms with Crippen molar-refractivity contribution in [3.8, 4) is 17.0 Å². The van der Waals surface area contributed by atoms with E-state index in [1.807, 2.05) is 48.0 Å². The van der Waals surface area contributed by atoms with Crippen LogP contribution in [0.4, 0.5) is 5.82 Å². The van der Waals surface area contributed by atoms with Crippen molar-refractivity contribution >= 4 is 41.8 Å².